The molecule has 0 unspecified atom stereocenters. The number of carboxylic acid groups (broad SMARTS) is 2. The maximum atomic E-state index is 12.5. The zero-order chi connectivity index (χ0) is 19.5. The number of hydrogen-bond donors (Lipinski definition) is 4. The van der Waals surface area contributed by atoms with Gasteiger partial charge >= 0.3 is 11.9 Å². The first-order chi connectivity index (χ1) is 12.1. The molecular weight excluding hydrogens is 362 g/mol. The summed E-state index contributed by atoms with van der Waals surface area (Å²) in [6, 6.07) is 9.26. The molecule has 2 atom stereocenters. The number of hydrogen-bond acceptors (Lipinski definition) is 5. The smallest absolute Gasteiger partial charge is 0.335 e. The van der Waals surface area contributed by atoms with Gasteiger partial charge in [-0.1, -0.05) is 29.8 Å². The van der Waals surface area contributed by atoms with Crippen LogP contribution in [0.4, 0.5) is 0 Å². The molecule has 0 aliphatic carbocycles. The van der Waals surface area contributed by atoms with Crippen molar-refractivity contribution in [3.05, 3.63) is 65.2 Å². The molecule has 26 heavy (non-hydrogen) atoms. The van der Waals surface area contributed by atoms with Gasteiger partial charge in [-0.3, -0.25) is 0 Å². The second kappa shape index (κ2) is 7.65. The molecule has 0 aromatic heterocycles. The molecule has 0 heterocycles. The van der Waals surface area contributed by atoms with Crippen molar-refractivity contribution >= 4 is 22.0 Å². The van der Waals surface area contributed by atoms with Gasteiger partial charge < -0.3 is 15.3 Å². The number of sulfonamides is 1. The van der Waals surface area contributed by atoms with E-state index in [4.69, 9.17) is 10.2 Å². The van der Waals surface area contributed by atoms with Crippen LogP contribution < -0.4 is 4.72 Å². The van der Waals surface area contributed by atoms with Crippen LogP contribution in [0.15, 0.2) is 53.4 Å². The van der Waals surface area contributed by atoms with Gasteiger partial charge in [-0.25, -0.2) is 22.7 Å². The zero-order valence-electron chi connectivity index (χ0n) is 13.7. The Kier molecular flexibility index (Phi) is 5.76. The minimum atomic E-state index is -4.12. The fourth-order valence-corrected chi connectivity index (χ4v) is 3.47. The Labute approximate surface area is 149 Å². The predicted octanol–water partition coefficient (Wildman–Crippen LogP) is 1.16. The minimum Gasteiger partial charge on any atom is -0.479 e. The van der Waals surface area contributed by atoms with Crippen molar-refractivity contribution in [3.63, 3.8) is 0 Å². The quantitative estimate of drug-likeness (QED) is 0.565. The molecule has 138 valence electrons. The molecule has 0 saturated carbocycles. The molecule has 2 aromatic carbocycles. The van der Waals surface area contributed by atoms with Crippen LogP contribution >= 0.6 is 0 Å². The molecule has 0 saturated heterocycles. The van der Waals surface area contributed by atoms with E-state index in [-0.39, 0.29) is 16.0 Å². The van der Waals surface area contributed by atoms with Crippen LogP contribution in [-0.2, 0) is 14.8 Å². The van der Waals surface area contributed by atoms with Gasteiger partial charge in [0.1, 0.15) is 0 Å². The van der Waals surface area contributed by atoms with Crippen LogP contribution in [0.25, 0.3) is 0 Å². The lowest BCUT2D eigenvalue weighted by Gasteiger charge is -2.22. The summed E-state index contributed by atoms with van der Waals surface area (Å²) < 4.78 is 27.2. The lowest BCUT2D eigenvalue weighted by molar-refractivity contribution is -0.148. The molecule has 0 aliphatic heterocycles. The molecule has 0 radical (unpaired) electrons. The van der Waals surface area contributed by atoms with Gasteiger partial charge in [0.2, 0.25) is 10.0 Å². The van der Waals surface area contributed by atoms with Crippen molar-refractivity contribution in [2.45, 2.75) is 24.0 Å². The van der Waals surface area contributed by atoms with Crippen LogP contribution in [0.3, 0.4) is 0 Å². The van der Waals surface area contributed by atoms with E-state index in [0.29, 0.717) is 0 Å². The number of nitrogens with one attached hydrogen (secondary N) is 1. The van der Waals surface area contributed by atoms with E-state index >= 15 is 0 Å². The molecule has 9 heteroatoms. The van der Waals surface area contributed by atoms with Gasteiger partial charge in [0.05, 0.1) is 16.5 Å². The molecular formula is C17H17NO7S. The fraction of sp³-hybridized carbons (Fsp3) is 0.176. The molecule has 0 amide bonds. The van der Waals surface area contributed by atoms with Gasteiger partial charge in [-0.05, 0) is 36.8 Å². The summed E-state index contributed by atoms with van der Waals surface area (Å²) in [7, 11) is -4.12. The monoisotopic (exact) mass is 379 g/mol. The predicted molar refractivity (Wildman–Crippen MR) is 91.3 cm³/mol. The third-order valence-corrected chi connectivity index (χ3v) is 5.16. The summed E-state index contributed by atoms with van der Waals surface area (Å²) >= 11 is 0. The van der Waals surface area contributed by atoms with E-state index in [1.807, 2.05) is 0 Å². The Balaban J connectivity index is 2.40. The van der Waals surface area contributed by atoms with Gasteiger partial charge in [-0.15, -0.1) is 0 Å². The highest BCUT2D eigenvalue weighted by atomic mass is 32.2. The number of carbonyl (C=O) groups is 2. The first-order valence-electron chi connectivity index (χ1n) is 7.45. The largest absolute Gasteiger partial charge is 0.479 e. The first kappa shape index (κ1) is 19.6. The van der Waals surface area contributed by atoms with Crippen LogP contribution in [0, 0.1) is 6.92 Å². The maximum absolute atomic E-state index is 12.5. The summed E-state index contributed by atoms with van der Waals surface area (Å²) in [5.74, 6) is -2.81. The number of aliphatic hydroxyl groups excluding tert-OH is 1. The van der Waals surface area contributed by atoms with E-state index in [1.54, 1.807) is 19.1 Å². The second-order valence-electron chi connectivity index (χ2n) is 5.62. The van der Waals surface area contributed by atoms with Crippen LogP contribution in [0.2, 0.25) is 0 Å². The van der Waals surface area contributed by atoms with E-state index in [2.05, 4.69) is 4.72 Å². The van der Waals surface area contributed by atoms with E-state index < -0.39 is 34.1 Å². The highest BCUT2D eigenvalue weighted by Gasteiger charge is 2.32. The lowest BCUT2D eigenvalue weighted by Crippen LogP contribution is -2.40. The maximum Gasteiger partial charge on any atom is 0.335 e. The average Bonchev–Trinajstić information content (AvgIpc) is 2.59. The molecule has 0 aliphatic rings. The Morgan fingerprint density at radius 2 is 1.50 bits per heavy atom. The number of carboxylic acids is 2. The summed E-state index contributed by atoms with van der Waals surface area (Å²) in [6.45, 7) is 1.78. The van der Waals surface area contributed by atoms with Crippen molar-refractivity contribution in [2.75, 3.05) is 0 Å². The number of aryl methyl sites for hydroxylation is 1. The van der Waals surface area contributed by atoms with E-state index in [0.717, 1.165) is 5.56 Å². The number of aliphatic hydroxyl groups is 1. The van der Waals surface area contributed by atoms with Crippen molar-refractivity contribution in [1.82, 2.24) is 4.72 Å². The highest BCUT2D eigenvalue weighted by molar-refractivity contribution is 7.89. The summed E-state index contributed by atoms with van der Waals surface area (Å²) in [6.07, 6.45) is -2.06. The van der Waals surface area contributed by atoms with Gasteiger partial charge in [-0.2, -0.15) is 0 Å². The lowest BCUT2D eigenvalue weighted by atomic mass is 10.0. The Hall–Kier alpha value is -2.75. The third-order valence-electron chi connectivity index (χ3n) is 3.70. The second-order valence-corrected chi connectivity index (χ2v) is 7.34. The molecule has 2 rings (SSSR count). The minimum absolute atomic E-state index is 0.0568. The van der Waals surface area contributed by atoms with Gasteiger partial charge in [0.25, 0.3) is 0 Å². The normalized spacial score (nSPS) is 13.8. The fourth-order valence-electron chi connectivity index (χ4n) is 2.24. The molecule has 0 fully saturated rings. The molecule has 2 aromatic rings. The van der Waals surface area contributed by atoms with Gasteiger partial charge in [0, 0.05) is 0 Å². The summed E-state index contributed by atoms with van der Waals surface area (Å²) in [5, 5.41) is 27.9. The topological polar surface area (TPSA) is 141 Å². The SMILES string of the molecule is Cc1ccc(S(=O)(=O)N[C@H](c2ccc(C(=O)O)cc2)[C@H](O)C(=O)O)cc1. The number of aliphatic carboxylic acids is 1. The molecule has 0 spiro atoms. The van der Waals surface area contributed by atoms with Crippen molar-refractivity contribution < 1.29 is 33.3 Å². The Bertz CT molecular complexity index is 905. The van der Waals surface area contributed by atoms with Crippen LogP contribution in [0.1, 0.15) is 27.5 Å². The highest BCUT2D eigenvalue weighted by Crippen LogP contribution is 2.22. The van der Waals surface area contributed by atoms with Gasteiger partial charge in [0.15, 0.2) is 6.10 Å². The van der Waals surface area contributed by atoms with Crippen LogP contribution in [-0.4, -0.2) is 41.8 Å². The van der Waals surface area contributed by atoms with Crippen molar-refractivity contribution in [3.8, 4) is 0 Å². The third kappa shape index (κ3) is 4.45. The summed E-state index contributed by atoms with van der Waals surface area (Å²) in [5.41, 5.74) is 0.898. The standard InChI is InChI=1S/C17H17NO7S/c1-10-2-8-13(9-3-10)26(24,25)18-14(15(19)17(22)23)11-4-6-12(7-5-11)16(20)21/h2-9,14-15,18-19H,1H3,(H,20,21)(H,22,23)/t14-,15+/m1/s1. The number of benzene rings is 2. The zero-order valence-corrected chi connectivity index (χ0v) is 14.5. The Morgan fingerprint density at radius 1 is 0.962 bits per heavy atom. The average molecular weight is 379 g/mol. The molecule has 8 nitrogen and oxygen atoms in total. The number of rotatable bonds is 7. The first-order valence-corrected chi connectivity index (χ1v) is 8.93. The van der Waals surface area contributed by atoms with Crippen LogP contribution in [0.5, 0.6) is 0 Å². The molecule has 0 bridgehead atoms. The number of aromatic carboxylic acids is 1. The Morgan fingerprint density at radius 3 is 1.96 bits per heavy atom. The molecule has 4 N–H and O–H groups in total. The van der Waals surface area contributed by atoms with Crippen molar-refractivity contribution in [2.24, 2.45) is 0 Å². The van der Waals surface area contributed by atoms with E-state index in [9.17, 15) is 23.1 Å². The van der Waals surface area contributed by atoms with Crippen molar-refractivity contribution in [1.29, 1.82) is 0 Å². The summed E-state index contributed by atoms with van der Waals surface area (Å²) in [4.78, 5) is 22.0. The van der Waals surface area contributed by atoms with E-state index in [1.165, 1.54) is 36.4 Å².